The number of non-ortho nitro benzene ring substituents is 1. The minimum atomic E-state index is -0.601. The zero-order valence-corrected chi connectivity index (χ0v) is 13.3. The molecule has 0 fully saturated rings. The predicted octanol–water partition coefficient (Wildman–Crippen LogP) is 3.01. The lowest BCUT2D eigenvalue weighted by Gasteiger charge is -2.14. The number of halogens is 2. The molecule has 0 spiro atoms. The second-order valence-electron chi connectivity index (χ2n) is 4.36. The van der Waals surface area contributed by atoms with Crippen LogP contribution in [0.25, 0.3) is 0 Å². The van der Waals surface area contributed by atoms with Gasteiger partial charge in [-0.15, -0.1) is 5.75 Å². The van der Waals surface area contributed by atoms with Crippen LogP contribution >= 0.6 is 27.5 Å². The number of rotatable bonds is 4. The van der Waals surface area contributed by atoms with E-state index in [1.165, 1.54) is 0 Å². The summed E-state index contributed by atoms with van der Waals surface area (Å²) in [6.07, 6.45) is 0. The van der Waals surface area contributed by atoms with Gasteiger partial charge in [-0.25, -0.2) is 0 Å². The quantitative estimate of drug-likeness (QED) is 0.647. The lowest BCUT2D eigenvalue weighted by molar-refractivity contribution is -0.385. The van der Waals surface area contributed by atoms with Crippen molar-refractivity contribution in [3.8, 4) is 5.75 Å². The summed E-state index contributed by atoms with van der Waals surface area (Å²) in [7, 11) is 0. The number of carbonyl (C=O) groups is 1. The van der Waals surface area contributed by atoms with Gasteiger partial charge in [0, 0.05) is 23.2 Å². The minimum absolute atomic E-state index is 0.123. The average molecular weight is 385 g/mol. The molecule has 0 aliphatic rings. The van der Waals surface area contributed by atoms with Gasteiger partial charge in [-0.2, -0.15) is 0 Å². The maximum atomic E-state index is 12.1. The van der Waals surface area contributed by atoms with E-state index in [0.717, 1.165) is 18.2 Å². The fourth-order valence-corrected chi connectivity index (χ4v) is 2.32. The van der Waals surface area contributed by atoms with Gasteiger partial charge in [0.25, 0.3) is 11.6 Å². The van der Waals surface area contributed by atoms with Gasteiger partial charge in [0.05, 0.1) is 15.5 Å². The number of benzene rings is 2. The summed E-state index contributed by atoms with van der Waals surface area (Å²) in [5.41, 5.74) is 0.173. The molecule has 2 aromatic rings. The number of nitrogens with one attached hydrogen (secondary N) is 1. The van der Waals surface area contributed by atoms with Crippen molar-refractivity contribution in [3.05, 3.63) is 67.1 Å². The highest BCUT2D eigenvalue weighted by Crippen LogP contribution is 2.23. The van der Waals surface area contributed by atoms with Gasteiger partial charge in [-0.1, -0.05) is 33.6 Å². The highest BCUT2D eigenvalue weighted by Gasteiger charge is 2.12. The molecule has 0 atom stereocenters. The number of nitro groups is 1. The maximum absolute atomic E-state index is 12.1. The lowest BCUT2D eigenvalue weighted by atomic mass is 10.1. The maximum Gasteiger partial charge on any atom is 0.269 e. The summed E-state index contributed by atoms with van der Waals surface area (Å²) in [4.78, 5) is 22.2. The van der Waals surface area contributed by atoms with Crippen LogP contribution in [-0.4, -0.2) is 10.8 Å². The van der Waals surface area contributed by atoms with Crippen molar-refractivity contribution >= 4 is 39.1 Å². The smallest absolute Gasteiger partial charge is 0.269 e. The third-order valence-corrected chi connectivity index (χ3v) is 3.69. The summed E-state index contributed by atoms with van der Waals surface area (Å²) < 4.78 is 0.682. The van der Waals surface area contributed by atoms with Crippen molar-refractivity contribution in [3.63, 3.8) is 0 Å². The molecule has 0 aliphatic heterocycles. The first-order valence-corrected chi connectivity index (χ1v) is 7.23. The summed E-state index contributed by atoms with van der Waals surface area (Å²) >= 11 is 9.17. The molecule has 0 aliphatic carbocycles. The Morgan fingerprint density at radius 2 is 2.00 bits per heavy atom. The zero-order valence-electron chi connectivity index (χ0n) is 11.0. The molecule has 2 aromatic carbocycles. The minimum Gasteiger partial charge on any atom is -0.872 e. The van der Waals surface area contributed by atoms with Crippen LogP contribution in [0, 0.1) is 10.1 Å². The lowest BCUT2D eigenvalue weighted by Crippen LogP contribution is -2.23. The Labute approximate surface area is 139 Å². The zero-order chi connectivity index (χ0) is 16.3. The van der Waals surface area contributed by atoms with Gasteiger partial charge in [-0.3, -0.25) is 14.9 Å². The Kier molecular flexibility index (Phi) is 4.99. The van der Waals surface area contributed by atoms with Crippen molar-refractivity contribution in [1.29, 1.82) is 0 Å². The fraction of sp³-hybridized carbons (Fsp3) is 0.0714. The molecule has 1 N–H and O–H groups in total. The van der Waals surface area contributed by atoms with E-state index in [-0.39, 0.29) is 34.1 Å². The van der Waals surface area contributed by atoms with Crippen molar-refractivity contribution < 1.29 is 14.8 Å². The second-order valence-corrected chi connectivity index (χ2v) is 5.68. The van der Waals surface area contributed by atoms with Crippen LogP contribution in [-0.2, 0) is 6.54 Å². The molecule has 0 heterocycles. The molecule has 6 nitrogen and oxygen atoms in total. The SMILES string of the molecule is O=C(NCc1cc([N+](=O)[O-])ccc1[O-])c1cc(Br)ccc1Cl. The van der Waals surface area contributed by atoms with Crippen molar-refractivity contribution in [2.75, 3.05) is 0 Å². The highest BCUT2D eigenvalue weighted by molar-refractivity contribution is 9.10. The van der Waals surface area contributed by atoms with Gasteiger partial charge in [0.1, 0.15) is 0 Å². The standard InChI is InChI=1S/C14H10BrClN2O4/c15-9-1-3-12(16)11(6-9)14(20)17-7-8-5-10(18(21)22)2-4-13(8)19/h1-6,19H,7H2,(H,17,20)/p-1. The summed E-state index contributed by atoms with van der Waals surface area (Å²) in [6, 6.07) is 8.17. The Morgan fingerprint density at radius 1 is 1.27 bits per heavy atom. The molecule has 22 heavy (non-hydrogen) atoms. The van der Waals surface area contributed by atoms with Crippen LogP contribution < -0.4 is 10.4 Å². The summed E-state index contributed by atoms with van der Waals surface area (Å²) in [5.74, 6) is -0.858. The Morgan fingerprint density at radius 3 is 2.68 bits per heavy atom. The Bertz CT molecular complexity index is 752. The van der Waals surface area contributed by atoms with Gasteiger partial charge < -0.3 is 10.4 Å². The number of hydrogen-bond donors (Lipinski definition) is 1. The molecule has 2 rings (SSSR count). The van der Waals surface area contributed by atoms with Crippen molar-refractivity contribution in [2.24, 2.45) is 0 Å². The molecular weight excluding hydrogens is 376 g/mol. The highest BCUT2D eigenvalue weighted by atomic mass is 79.9. The van der Waals surface area contributed by atoms with E-state index in [2.05, 4.69) is 21.2 Å². The van der Waals surface area contributed by atoms with E-state index in [1.807, 2.05) is 0 Å². The largest absolute Gasteiger partial charge is 0.872 e. The molecule has 1 amide bonds. The first-order chi connectivity index (χ1) is 10.4. The molecule has 0 aromatic heterocycles. The summed E-state index contributed by atoms with van der Waals surface area (Å²) in [5, 5.41) is 25.1. The number of amides is 1. The van der Waals surface area contributed by atoms with Crippen LogP contribution in [0.5, 0.6) is 5.75 Å². The van der Waals surface area contributed by atoms with Crippen LogP contribution in [0.4, 0.5) is 5.69 Å². The Hall–Kier alpha value is -2.12. The normalized spacial score (nSPS) is 10.3. The molecule has 8 heteroatoms. The van der Waals surface area contributed by atoms with E-state index in [0.29, 0.717) is 4.47 Å². The topological polar surface area (TPSA) is 95.3 Å². The van der Waals surface area contributed by atoms with Crippen molar-refractivity contribution in [1.82, 2.24) is 5.32 Å². The van der Waals surface area contributed by atoms with Crippen LogP contribution in [0.15, 0.2) is 40.9 Å². The van der Waals surface area contributed by atoms with E-state index in [9.17, 15) is 20.0 Å². The van der Waals surface area contributed by atoms with Crippen LogP contribution in [0.3, 0.4) is 0 Å². The first kappa shape index (κ1) is 16.3. The molecule has 0 saturated heterocycles. The fourth-order valence-electron chi connectivity index (χ4n) is 1.76. The number of nitrogens with zero attached hydrogens (tertiary/aromatic N) is 1. The Balaban J connectivity index is 2.16. The number of nitro benzene ring substituents is 1. The van der Waals surface area contributed by atoms with Crippen molar-refractivity contribution in [2.45, 2.75) is 6.54 Å². The van der Waals surface area contributed by atoms with Gasteiger partial charge in [0.2, 0.25) is 0 Å². The van der Waals surface area contributed by atoms with E-state index >= 15 is 0 Å². The molecule has 0 radical (unpaired) electrons. The molecule has 0 bridgehead atoms. The molecule has 0 unspecified atom stereocenters. The number of hydrogen-bond acceptors (Lipinski definition) is 4. The third-order valence-electron chi connectivity index (χ3n) is 2.87. The van der Waals surface area contributed by atoms with Gasteiger partial charge in [0.15, 0.2) is 0 Å². The van der Waals surface area contributed by atoms with Crippen LogP contribution in [0.1, 0.15) is 15.9 Å². The molecule has 114 valence electrons. The average Bonchev–Trinajstić information content (AvgIpc) is 2.48. The molecular formula is C14H9BrClN2O4-. The van der Waals surface area contributed by atoms with E-state index in [4.69, 9.17) is 11.6 Å². The van der Waals surface area contributed by atoms with Gasteiger partial charge in [-0.05, 0) is 23.8 Å². The van der Waals surface area contributed by atoms with Crippen LogP contribution in [0.2, 0.25) is 5.02 Å². The first-order valence-electron chi connectivity index (χ1n) is 6.06. The second kappa shape index (κ2) is 6.76. The van der Waals surface area contributed by atoms with E-state index < -0.39 is 10.8 Å². The monoisotopic (exact) mass is 383 g/mol. The predicted molar refractivity (Wildman–Crippen MR) is 82.9 cm³/mol. The van der Waals surface area contributed by atoms with Gasteiger partial charge >= 0.3 is 0 Å². The third kappa shape index (κ3) is 3.75. The molecule has 0 saturated carbocycles. The number of carbonyl (C=O) groups excluding carboxylic acids is 1. The van der Waals surface area contributed by atoms with E-state index in [1.54, 1.807) is 18.2 Å². The summed E-state index contributed by atoms with van der Waals surface area (Å²) in [6.45, 7) is -0.123.